The van der Waals surface area contributed by atoms with Crippen LogP contribution in [-0.4, -0.2) is 9.13 Å². The van der Waals surface area contributed by atoms with Gasteiger partial charge in [-0.25, -0.2) is 0 Å². The van der Waals surface area contributed by atoms with E-state index in [1.54, 1.807) is 0 Å². The van der Waals surface area contributed by atoms with Crippen LogP contribution in [0, 0.1) is 0 Å². The van der Waals surface area contributed by atoms with E-state index in [-0.39, 0.29) is 11.8 Å². The maximum Gasteiger partial charge on any atom is 0.139 e. The summed E-state index contributed by atoms with van der Waals surface area (Å²) in [5, 5.41) is 7.27. The first-order valence-electron chi connectivity index (χ1n) is 41.2. The highest BCUT2D eigenvalue weighted by molar-refractivity contribution is 6.19. The lowest BCUT2D eigenvalue weighted by atomic mass is 9.74. The first-order valence-corrected chi connectivity index (χ1v) is 41.2. The lowest BCUT2D eigenvalue weighted by Crippen LogP contribution is -2.13. The van der Waals surface area contributed by atoms with Crippen LogP contribution in [0.25, 0.3) is 188 Å². The van der Waals surface area contributed by atoms with Gasteiger partial charge in [-0.05, 0) is 267 Å². The highest BCUT2D eigenvalue weighted by atomic mass is 16.3. The molecule has 0 bridgehead atoms. The molecule has 0 saturated heterocycles. The molecule has 3 heteroatoms. The minimum Gasteiger partial charge on any atom is -0.456 e. The molecule has 0 aliphatic heterocycles. The topological polar surface area (TPSA) is 23.0 Å². The number of nitrogens with zero attached hydrogens (tertiary/aromatic N) is 2. The first-order chi connectivity index (χ1) is 58.0. The van der Waals surface area contributed by atoms with Crippen LogP contribution in [0.1, 0.15) is 62.8 Å². The van der Waals surface area contributed by atoms with Gasteiger partial charge in [0, 0.05) is 61.1 Å². The van der Waals surface area contributed by atoms with Crippen molar-refractivity contribution in [2.75, 3.05) is 0 Å². The van der Waals surface area contributed by atoms with Gasteiger partial charge in [-0.15, -0.1) is 0 Å². The van der Waals surface area contributed by atoms with E-state index in [1.807, 2.05) is 0 Å². The van der Waals surface area contributed by atoms with Gasteiger partial charge in [0.15, 0.2) is 0 Å². The molecule has 548 valence electrons. The molecule has 3 aromatic heterocycles. The predicted octanol–water partition coefficient (Wildman–Crippen LogP) is 30.1. The number of para-hydroxylation sites is 3. The fourth-order valence-corrected chi connectivity index (χ4v) is 20.5. The number of benzene rings is 18. The normalized spacial score (nSPS) is 14.0. The van der Waals surface area contributed by atoms with Crippen LogP contribution in [0.4, 0.5) is 0 Å². The van der Waals surface area contributed by atoms with Crippen molar-refractivity contribution < 1.29 is 4.42 Å². The zero-order chi connectivity index (χ0) is 76.8. The van der Waals surface area contributed by atoms with E-state index < -0.39 is 0 Å². The summed E-state index contributed by atoms with van der Waals surface area (Å²) in [4.78, 5) is 0. The molecule has 3 aliphatic rings. The molecule has 2 atom stereocenters. The van der Waals surface area contributed by atoms with Crippen LogP contribution in [0.5, 0.6) is 0 Å². The largest absolute Gasteiger partial charge is 0.456 e. The van der Waals surface area contributed by atoms with E-state index in [2.05, 4.69) is 410 Å². The van der Waals surface area contributed by atoms with E-state index in [9.17, 15) is 0 Å². The van der Waals surface area contributed by atoms with E-state index in [0.717, 1.165) is 47.9 Å². The minimum absolute atomic E-state index is 0.116. The van der Waals surface area contributed by atoms with Gasteiger partial charge >= 0.3 is 0 Å². The lowest BCUT2D eigenvalue weighted by Gasteiger charge is -2.29. The maximum absolute atomic E-state index is 7.21. The number of aromatic nitrogens is 2. The standard InChI is InChI=1S/C114H76N2O/c1-6-24-71(25-7-1)82-59-83(72-26-8-2-9-27-72)61-86(60-82)103-68-81-47-46-77(65-102(81)95-36-18-19-37-96(95)103)76-45-44-75-48-54-97(93-34-16-17-35-94(93)101(75)64-76)99-40-22-41-100-113-92(39-23-43-111(113)117-114(99)100)80-49-53-90-85(58-80)62-87-63-89(52-55-91(87)90)116-107-42-21-20-38-98(107)105-66-78(50-56-108(105)116)79-51-57-109-106(67-79)112-104(74-30-12-4-13-31-74)69-84(73-28-10-3-11-29-73)70-110(112)115(109)88-32-14-5-15-33-88/h1-47,49-53,55-61,63-67,69-70,97,103H,48,54,62,68H2. The maximum atomic E-state index is 7.21. The average molecular weight is 1490 g/mol. The summed E-state index contributed by atoms with van der Waals surface area (Å²) in [6, 6.07) is 150. The van der Waals surface area contributed by atoms with Crippen molar-refractivity contribution in [1.29, 1.82) is 0 Å². The molecule has 0 saturated carbocycles. The summed E-state index contributed by atoms with van der Waals surface area (Å²) >= 11 is 0. The van der Waals surface area contributed by atoms with Crippen LogP contribution in [0.2, 0.25) is 0 Å². The zero-order valence-corrected chi connectivity index (χ0v) is 64.4. The van der Waals surface area contributed by atoms with Crippen molar-refractivity contribution in [2.45, 2.75) is 37.5 Å². The van der Waals surface area contributed by atoms with E-state index >= 15 is 0 Å². The van der Waals surface area contributed by atoms with Crippen LogP contribution in [-0.2, 0) is 19.3 Å². The van der Waals surface area contributed by atoms with Crippen molar-refractivity contribution >= 4 is 65.6 Å². The third-order valence-corrected chi connectivity index (χ3v) is 25.9. The number of rotatable bonds is 11. The highest BCUT2D eigenvalue weighted by Gasteiger charge is 2.32. The second-order valence-corrected chi connectivity index (χ2v) is 32.4. The van der Waals surface area contributed by atoms with Gasteiger partial charge in [0.25, 0.3) is 0 Å². The Kier molecular flexibility index (Phi) is 15.5. The Morgan fingerprint density at radius 2 is 0.726 bits per heavy atom. The SMILES string of the molecule is c1ccc(-c2cc(-c3ccccc3)cc(C3Cc4ccc(-c5ccc6c(c5)-c5ccccc5C(c5cccc7c5oc5cccc(-c8ccc9c(c8)Cc8cc(-n%10c%11ccccc%11c%11cc(-c%12ccc%13c(c%12)c%12c(-c%14ccccc%14)cc(-c%14ccccc%14)cc%12n%13-c%12ccccc%12)ccc%11%10)ccc8-9)c57)CC6)cc4-c4ccccc43)c2)cc1. The Morgan fingerprint density at radius 1 is 0.231 bits per heavy atom. The molecule has 117 heavy (non-hydrogen) atoms. The quantitative estimate of drug-likeness (QED) is 0.127. The van der Waals surface area contributed by atoms with Gasteiger partial charge in [0.1, 0.15) is 11.2 Å². The van der Waals surface area contributed by atoms with E-state index in [1.165, 1.54) is 210 Å². The third kappa shape index (κ3) is 11.0. The molecular formula is C114H76N2O. The second-order valence-electron chi connectivity index (χ2n) is 32.4. The summed E-state index contributed by atoms with van der Waals surface area (Å²) < 4.78 is 12.2. The van der Waals surface area contributed by atoms with Crippen molar-refractivity contribution in [3.63, 3.8) is 0 Å². The molecule has 0 spiro atoms. The predicted molar refractivity (Wildman–Crippen MR) is 488 cm³/mol. The second kappa shape index (κ2) is 27.0. The Balaban J connectivity index is 0.532. The first kappa shape index (κ1) is 66.9. The van der Waals surface area contributed by atoms with Crippen LogP contribution in [0.15, 0.2) is 405 Å². The fraction of sp³-hybridized carbons (Fsp3) is 0.0526. The summed E-state index contributed by atoms with van der Waals surface area (Å²) in [6.07, 6.45) is 3.68. The van der Waals surface area contributed by atoms with Gasteiger partial charge in [-0.1, -0.05) is 309 Å². The molecule has 0 radical (unpaired) electrons. The Morgan fingerprint density at radius 3 is 1.43 bits per heavy atom. The van der Waals surface area contributed by atoms with Crippen molar-refractivity contribution in [1.82, 2.24) is 9.13 Å². The number of hydrogen-bond donors (Lipinski definition) is 0. The number of hydrogen-bond acceptors (Lipinski definition) is 1. The number of aryl methyl sites for hydroxylation is 1. The molecule has 2 unspecified atom stereocenters. The molecule has 0 amide bonds. The Hall–Kier alpha value is -14.6. The van der Waals surface area contributed by atoms with Gasteiger partial charge < -0.3 is 13.6 Å². The number of furan rings is 1. The molecule has 3 aliphatic carbocycles. The molecule has 18 aromatic carbocycles. The minimum atomic E-state index is 0.116. The molecule has 0 fully saturated rings. The summed E-state index contributed by atoms with van der Waals surface area (Å²) in [6.45, 7) is 0. The molecule has 21 aromatic rings. The number of fused-ring (bicyclic) bond motifs is 18. The Labute approximate surface area is 679 Å². The smallest absolute Gasteiger partial charge is 0.139 e. The van der Waals surface area contributed by atoms with Crippen LogP contribution in [0.3, 0.4) is 0 Å². The van der Waals surface area contributed by atoms with E-state index in [4.69, 9.17) is 4.42 Å². The highest BCUT2D eigenvalue weighted by Crippen LogP contribution is 2.52. The monoisotopic (exact) mass is 1490 g/mol. The molecule has 0 N–H and O–H groups in total. The average Bonchev–Trinajstić information content (AvgIpc) is 1.59. The van der Waals surface area contributed by atoms with Crippen LogP contribution < -0.4 is 0 Å². The molecular weight excluding hydrogens is 1410 g/mol. The lowest BCUT2D eigenvalue weighted by molar-refractivity contribution is 0.647. The van der Waals surface area contributed by atoms with Gasteiger partial charge in [0.05, 0.1) is 22.1 Å². The van der Waals surface area contributed by atoms with Gasteiger partial charge in [0.2, 0.25) is 0 Å². The van der Waals surface area contributed by atoms with Crippen molar-refractivity contribution in [2.24, 2.45) is 0 Å². The molecule has 3 heterocycles. The zero-order valence-electron chi connectivity index (χ0n) is 64.4. The molecule has 3 nitrogen and oxygen atoms in total. The van der Waals surface area contributed by atoms with Gasteiger partial charge in [-0.2, -0.15) is 0 Å². The van der Waals surface area contributed by atoms with Crippen LogP contribution >= 0.6 is 0 Å². The fourth-order valence-electron chi connectivity index (χ4n) is 20.5. The van der Waals surface area contributed by atoms with Crippen molar-refractivity contribution in [3.05, 3.63) is 445 Å². The Bertz CT molecular complexity index is 7550. The summed E-state index contributed by atoms with van der Waals surface area (Å²) in [5.74, 6) is 0.324. The molecule has 24 rings (SSSR count). The summed E-state index contributed by atoms with van der Waals surface area (Å²) in [5.41, 5.74) is 44.6. The third-order valence-electron chi connectivity index (χ3n) is 25.9. The van der Waals surface area contributed by atoms with E-state index in [0.29, 0.717) is 0 Å². The van der Waals surface area contributed by atoms with Gasteiger partial charge in [-0.3, -0.25) is 0 Å². The van der Waals surface area contributed by atoms with Crippen molar-refractivity contribution in [3.8, 4) is 123 Å². The summed E-state index contributed by atoms with van der Waals surface area (Å²) in [7, 11) is 0.